The molecule has 0 amide bonds. The van der Waals surface area contributed by atoms with E-state index in [0.717, 1.165) is 25.9 Å². The van der Waals surface area contributed by atoms with Gasteiger partial charge >= 0.3 is 5.97 Å². The third kappa shape index (κ3) is 5.36. The van der Waals surface area contributed by atoms with Crippen LogP contribution in [-0.2, 0) is 9.53 Å². The molecule has 0 bridgehead atoms. The van der Waals surface area contributed by atoms with Crippen LogP contribution in [0.4, 0.5) is 0 Å². The number of ether oxygens (including phenoxy) is 1. The molecule has 1 fully saturated rings. The lowest BCUT2D eigenvalue weighted by molar-refractivity contribution is -0.142. The highest BCUT2D eigenvalue weighted by Gasteiger charge is 2.20. The number of methoxy groups -OCH3 is 1. The molecule has 0 saturated carbocycles. The fraction of sp³-hybridized carbons (Fsp3) is 0.929. The minimum Gasteiger partial charge on any atom is -0.468 e. The second-order valence-electron chi connectivity index (χ2n) is 5.27. The molecule has 106 valence electrons. The summed E-state index contributed by atoms with van der Waals surface area (Å²) in [5, 5.41) is 0. The number of hydrogen-bond donors (Lipinski definition) is 0. The molecule has 1 heterocycles. The van der Waals surface area contributed by atoms with Crippen LogP contribution in [-0.4, -0.2) is 62.1 Å². The van der Waals surface area contributed by atoms with Crippen molar-refractivity contribution >= 4 is 5.97 Å². The third-order valence-corrected chi connectivity index (χ3v) is 3.82. The summed E-state index contributed by atoms with van der Waals surface area (Å²) in [6.07, 6.45) is 6.22. The highest BCUT2D eigenvalue weighted by Crippen LogP contribution is 2.18. The van der Waals surface area contributed by atoms with Crippen molar-refractivity contribution < 1.29 is 9.53 Å². The van der Waals surface area contributed by atoms with Crippen LogP contribution in [0.15, 0.2) is 0 Å². The number of likely N-dealkylation sites (tertiary alicyclic amines) is 1. The van der Waals surface area contributed by atoms with E-state index in [1.54, 1.807) is 0 Å². The molecule has 0 spiro atoms. The van der Waals surface area contributed by atoms with Gasteiger partial charge in [0, 0.05) is 12.6 Å². The first-order valence-corrected chi connectivity index (χ1v) is 7.16. The van der Waals surface area contributed by atoms with Crippen molar-refractivity contribution in [3.05, 3.63) is 0 Å². The minimum atomic E-state index is -0.125. The van der Waals surface area contributed by atoms with Gasteiger partial charge < -0.3 is 9.64 Å². The summed E-state index contributed by atoms with van der Waals surface area (Å²) in [5.41, 5.74) is 0. The Bertz CT molecular complexity index is 246. The van der Waals surface area contributed by atoms with Gasteiger partial charge in [-0.15, -0.1) is 0 Å². The number of piperidine rings is 1. The molecular formula is C14H28N2O2. The Morgan fingerprint density at radius 2 is 2.17 bits per heavy atom. The molecular weight excluding hydrogens is 228 g/mol. The van der Waals surface area contributed by atoms with Crippen LogP contribution < -0.4 is 0 Å². The van der Waals surface area contributed by atoms with Crippen molar-refractivity contribution in [2.24, 2.45) is 0 Å². The van der Waals surface area contributed by atoms with Crippen LogP contribution in [0.1, 0.15) is 39.0 Å². The van der Waals surface area contributed by atoms with E-state index in [0.29, 0.717) is 12.6 Å². The van der Waals surface area contributed by atoms with Crippen LogP contribution in [0.5, 0.6) is 0 Å². The van der Waals surface area contributed by atoms with Crippen molar-refractivity contribution in [1.82, 2.24) is 9.80 Å². The molecule has 0 aliphatic carbocycles. The standard InChI is InChI=1S/C14H28N2O2/c1-4-9-16(12-14(17)18-3)11-8-13-7-5-6-10-15(13)2/h13H,4-12H2,1-3H3. The molecule has 1 aliphatic rings. The van der Waals surface area contributed by atoms with Gasteiger partial charge in [-0.25, -0.2) is 0 Å². The fourth-order valence-corrected chi connectivity index (χ4v) is 2.67. The van der Waals surface area contributed by atoms with Crippen molar-refractivity contribution in [3.8, 4) is 0 Å². The Kier molecular flexibility index (Phi) is 7.28. The van der Waals surface area contributed by atoms with Gasteiger partial charge in [0.1, 0.15) is 0 Å². The zero-order valence-electron chi connectivity index (χ0n) is 12.2. The molecule has 0 radical (unpaired) electrons. The zero-order valence-corrected chi connectivity index (χ0v) is 12.2. The smallest absolute Gasteiger partial charge is 0.319 e. The Morgan fingerprint density at radius 3 is 2.78 bits per heavy atom. The monoisotopic (exact) mass is 256 g/mol. The molecule has 0 aromatic rings. The van der Waals surface area contributed by atoms with E-state index in [9.17, 15) is 4.79 Å². The van der Waals surface area contributed by atoms with Gasteiger partial charge in [0.2, 0.25) is 0 Å². The molecule has 1 atom stereocenters. The zero-order chi connectivity index (χ0) is 13.4. The lowest BCUT2D eigenvalue weighted by Crippen LogP contribution is -2.40. The lowest BCUT2D eigenvalue weighted by Gasteiger charge is -2.34. The average molecular weight is 256 g/mol. The van der Waals surface area contributed by atoms with Crippen molar-refractivity contribution in [2.75, 3.05) is 40.3 Å². The van der Waals surface area contributed by atoms with Crippen LogP contribution >= 0.6 is 0 Å². The van der Waals surface area contributed by atoms with Gasteiger partial charge in [0.15, 0.2) is 0 Å². The quantitative estimate of drug-likeness (QED) is 0.650. The van der Waals surface area contributed by atoms with Gasteiger partial charge in [-0.2, -0.15) is 0 Å². The van der Waals surface area contributed by atoms with E-state index in [-0.39, 0.29) is 5.97 Å². The van der Waals surface area contributed by atoms with E-state index in [4.69, 9.17) is 4.74 Å². The van der Waals surface area contributed by atoms with Crippen LogP contribution in [0.3, 0.4) is 0 Å². The average Bonchev–Trinajstić information content (AvgIpc) is 2.37. The summed E-state index contributed by atoms with van der Waals surface area (Å²) in [4.78, 5) is 16.0. The molecule has 4 nitrogen and oxygen atoms in total. The summed E-state index contributed by atoms with van der Waals surface area (Å²) in [7, 11) is 3.68. The largest absolute Gasteiger partial charge is 0.468 e. The molecule has 1 aliphatic heterocycles. The number of nitrogens with zero attached hydrogens (tertiary/aromatic N) is 2. The van der Waals surface area contributed by atoms with Gasteiger partial charge in [-0.3, -0.25) is 9.69 Å². The Balaban J connectivity index is 2.33. The summed E-state index contributed by atoms with van der Waals surface area (Å²) >= 11 is 0. The number of carbonyl (C=O) groups excluding carboxylic acids is 1. The minimum absolute atomic E-state index is 0.125. The molecule has 0 N–H and O–H groups in total. The van der Waals surface area contributed by atoms with E-state index in [2.05, 4.69) is 23.8 Å². The maximum absolute atomic E-state index is 11.3. The second-order valence-corrected chi connectivity index (χ2v) is 5.27. The van der Waals surface area contributed by atoms with Crippen molar-refractivity contribution in [3.63, 3.8) is 0 Å². The molecule has 1 unspecified atom stereocenters. The van der Waals surface area contributed by atoms with Crippen LogP contribution in [0, 0.1) is 0 Å². The van der Waals surface area contributed by atoms with Crippen LogP contribution in [0.25, 0.3) is 0 Å². The summed E-state index contributed by atoms with van der Waals surface area (Å²) in [5.74, 6) is -0.125. The Morgan fingerprint density at radius 1 is 1.39 bits per heavy atom. The highest BCUT2D eigenvalue weighted by atomic mass is 16.5. The summed E-state index contributed by atoms with van der Waals surface area (Å²) in [6, 6.07) is 0.691. The molecule has 1 saturated heterocycles. The summed E-state index contributed by atoms with van der Waals surface area (Å²) < 4.78 is 4.75. The molecule has 1 rings (SSSR count). The second kappa shape index (κ2) is 8.48. The maximum Gasteiger partial charge on any atom is 0.319 e. The molecule has 0 aromatic carbocycles. The first-order chi connectivity index (χ1) is 8.67. The topological polar surface area (TPSA) is 32.8 Å². The van der Waals surface area contributed by atoms with Gasteiger partial charge in [0.25, 0.3) is 0 Å². The maximum atomic E-state index is 11.3. The van der Waals surface area contributed by atoms with Crippen LogP contribution in [0.2, 0.25) is 0 Å². The predicted molar refractivity (Wildman–Crippen MR) is 73.6 cm³/mol. The van der Waals surface area contributed by atoms with Crippen molar-refractivity contribution in [1.29, 1.82) is 0 Å². The number of rotatable bonds is 7. The SMILES string of the molecule is CCCN(CCC1CCCCN1C)CC(=O)OC. The van der Waals surface area contributed by atoms with Gasteiger partial charge in [-0.1, -0.05) is 13.3 Å². The third-order valence-electron chi connectivity index (χ3n) is 3.82. The first-order valence-electron chi connectivity index (χ1n) is 7.16. The van der Waals surface area contributed by atoms with Gasteiger partial charge in [-0.05, 0) is 45.8 Å². The molecule has 0 aromatic heterocycles. The van der Waals surface area contributed by atoms with Gasteiger partial charge in [0.05, 0.1) is 13.7 Å². The Hall–Kier alpha value is -0.610. The van der Waals surface area contributed by atoms with E-state index >= 15 is 0 Å². The van der Waals surface area contributed by atoms with E-state index < -0.39 is 0 Å². The molecule has 4 heteroatoms. The first kappa shape index (κ1) is 15.4. The number of esters is 1. The van der Waals surface area contributed by atoms with E-state index in [1.807, 2.05) is 0 Å². The lowest BCUT2D eigenvalue weighted by atomic mass is 10.00. The number of hydrogen-bond acceptors (Lipinski definition) is 4. The normalized spacial score (nSPS) is 21.2. The highest BCUT2D eigenvalue weighted by molar-refractivity contribution is 5.71. The predicted octanol–water partition coefficient (Wildman–Crippen LogP) is 1.75. The van der Waals surface area contributed by atoms with Crippen molar-refractivity contribution in [2.45, 2.75) is 45.1 Å². The fourth-order valence-electron chi connectivity index (χ4n) is 2.67. The summed E-state index contributed by atoms with van der Waals surface area (Å²) in [6.45, 7) is 5.77. The number of carbonyl (C=O) groups is 1. The Labute approximate surface area is 111 Å². The van der Waals surface area contributed by atoms with E-state index in [1.165, 1.54) is 32.9 Å². The molecule has 18 heavy (non-hydrogen) atoms.